The van der Waals surface area contributed by atoms with E-state index in [4.69, 9.17) is 9.05 Å². The molecule has 35 heavy (non-hydrogen) atoms. The predicted octanol–water partition coefficient (Wildman–Crippen LogP) is 4.03. The fourth-order valence-corrected chi connectivity index (χ4v) is 3.71. The zero-order valence-corrected chi connectivity index (χ0v) is 19.1. The molecule has 0 aliphatic rings. The van der Waals surface area contributed by atoms with Crippen LogP contribution in [0.1, 0.15) is 35.3 Å². The monoisotopic (exact) mass is 470 g/mol. The summed E-state index contributed by atoms with van der Waals surface area (Å²) in [7, 11) is 0. The number of aryl methyl sites for hydroxylation is 2. The summed E-state index contributed by atoms with van der Waals surface area (Å²) in [6.45, 7) is 3.67. The van der Waals surface area contributed by atoms with Crippen molar-refractivity contribution in [2.75, 3.05) is 0 Å². The minimum atomic E-state index is -1.24. The zero-order valence-electron chi connectivity index (χ0n) is 19.1. The number of rotatable bonds is 8. The van der Waals surface area contributed by atoms with Gasteiger partial charge in [-0.1, -0.05) is 64.9 Å². The summed E-state index contributed by atoms with van der Waals surface area (Å²) in [6.07, 6.45) is -0.745. The van der Waals surface area contributed by atoms with Crippen molar-refractivity contribution in [3.8, 4) is 34.3 Å². The molecule has 2 aromatic carbocycles. The van der Waals surface area contributed by atoms with Crippen molar-refractivity contribution in [1.82, 2.24) is 30.5 Å². The van der Waals surface area contributed by atoms with Crippen molar-refractivity contribution in [2.45, 2.75) is 32.8 Å². The number of aromatic nitrogens is 6. The Hall–Kier alpha value is -4.44. The lowest BCUT2D eigenvalue weighted by atomic mass is 10.0. The van der Waals surface area contributed by atoms with Crippen LogP contribution in [0.15, 0.2) is 63.6 Å². The minimum absolute atomic E-state index is 0.135. The van der Waals surface area contributed by atoms with E-state index in [0.29, 0.717) is 46.5 Å². The lowest BCUT2D eigenvalue weighted by Crippen LogP contribution is -2.13. The van der Waals surface area contributed by atoms with Crippen LogP contribution in [0.5, 0.6) is 0 Å². The number of Topliss-reactive ketones (excluding diaryl/α,β-unsaturated/α-hetero) is 1. The maximum Gasteiger partial charge on any atom is 0.297 e. The molecule has 3 aromatic heterocycles. The van der Waals surface area contributed by atoms with Gasteiger partial charge in [-0.15, -0.1) is 0 Å². The summed E-state index contributed by atoms with van der Waals surface area (Å²) < 4.78 is 10.9. The molecule has 0 radical (unpaired) electrons. The molecule has 176 valence electrons. The molecule has 5 aromatic rings. The Morgan fingerprint density at radius 2 is 1.74 bits per heavy atom. The Morgan fingerprint density at radius 1 is 0.971 bits per heavy atom. The molecule has 0 saturated carbocycles. The lowest BCUT2D eigenvalue weighted by Gasteiger charge is -2.09. The predicted molar refractivity (Wildman–Crippen MR) is 125 cm³/mol. The van der Waals surface area contributed by atoms with Crippen LogP contribution in [-0.2, 0) is 11.2 Å². The van der Waals surface area contributed by atoms with Crippen LogP contribution in [0.25, 0.3) is 34.3 Å². The number of nitrogens with one attached hydrogen (secondary N) is 1. The first-order valence-corrected chi connectivity index (χ1v) is 11.0. The van der Waals surface area contributed by atoms with Crippen LogP contribution >= 0.6 is 0 Å². The molecule has 0 aliphatic carbocycles. The molecule has 10 heteroatoms. The molecule has 0 saturated heterocycles. The van der Waals surface area contributed by atoms with E-state index in [2.05, 4.69) is 30.5 Å². The molecular formula is C25H22N6O4. The second-order valence-corrected chi connectivity index (χ2v) is 8.10. The van der Waals surface area contributed by atoms with Crippen LogP contribution in [0.3, 0.4) is 0 Å². The Labute approximate surface area is 200 Å². The average Bonchev–Trinajstić information content (AvgIpc) is 3.62. The SMILES string of the molecule is Cc1nc(CCC(=O)C(O)c2ccc(-c3noc(-c4onc(-c5ccccc5)c4C)n3)cc2)n[nH]1. The Kier molecular flexibility index (Phi) is 6.02. The second-order valence-electron chi connectivity index (χ2n) is 8.10. The summed E-state index contributed by atoms with van der Waals surface area (Å²) >= 11 is 0. The maximum absolute atomic E-state index is 12.4. The van der Waals surface area contributed by atoms with Gasteiger partial charge in [0.05, 0.1) is 0 Å². The second kappa shape index (κ2) is 9.43. The highest BCUT2D eigenvalue weighted by Crippen LogP contribution is 2.31. The van der Waals surface area contributed by atoms with Gasteiger partial charge in [0.15, 0.2) is 11.6 Å². The van der Waals surface area contributed by atoms with Crippen LogP contribution in [0.4, 0.5) is 0 Å². The number of benzene rings is 2. The molecule has 0 amide bonds. The molecule has 3 heterocycles. The van der Waals surface area contributed by atoms with Gasteiger partial charge in [0, 0.05) is 29.5 Å². The van der Waals surface area contributed by atoms with Gasteiger partial charge >= 0.3 is 0 Å². The molecule has 10 nitrogen and oxygen atoms in total. The van der Waals surface area contributed by atoms with Gasteiger partial charge in [-0.25, -0.2) is 4.98 Å². The number of H-pyrrole nitrogens is 1. The third kappa shape index (κ3) is 4.64. The molecule has 0 aliphatic heterocycles. The molecule has 0 spiro atoms. The number of hydrogen-bond acceptors (Lipinski definition) is 9. The van der Waals surface area contributed by atoms with Crippen molar-refractivity contribution in [3.05, 3.63) is 77.4 Å². The molecular weight excluding hydrogens is 448 g/mol. The number of carbonyl (C=O) groups is 1. The van der Waals surface area contributed by atoms with Gasteiger partial charge < -0.3 is 14.2 Å². The third-order valence-corrected chi connectivity index (χ3v) is 5.62. The number of ketones is 1. The first kappa shape index (κ1) is 22.4. The summed E-state index contributed by atoms with van der Waals surface area (Å²) in [5.74, 6) is 1.89. The van der Waals surface area contributed by atoms with Crippen molar-refractivity contribution >= 4 is 5.78 Å². The van der Waals surface area contributed by atoms with E-state index in [1.807, 2.05) is 37.3 Å². The van der Waals surface area contributed by atoms with Crippen LogP contribution in [-0.4, -0.2) is 41.4 Å². The zero-order chi connectivity index (χ0) is 24.4. The van der Waals surface area contributed by atoms with Crippen LogP contribution in [0.2, 0.25) is 0 Å². The van der Waals surface area contributed by atoms with E-state index in [1.165, 1.54) is 0 Å². The maximum atomic E-state index is 12.4. The average molecular weight is 470 g/mol. The Bertz CT molecular complexity index is 1450. The quantitative estimate of drug-likeness (QED) is 0.343. The van der Waals surface area contributed by atoms with Gasteiger partial charge in [0.2, 0.25) is 11.6 Å². The number of nitrogens with zero attached hydrogens (tertiary/aromatic N) is 5. The van der Waals surface area contributed by atoms with Crippen molar-refractivity contribution in [3.63, 3.8) is 0 Å². The normalized spacial score (nSPS) is 12.1. The molecule has 5 rings (SSSR count). The van der Waals surface area contributed by atoms with Crippen LogP contribution in [0, 0.1) is 13.8 Å². The highest BCUT2D eigenvalue weighted by atomic mass is 16.5. The van der Waals surface area contributed by atoms with Gasteiger partial charge in [-0.2, -0.15) is 10.1 Å². The summed E-state index contributed by atoms with van der Waals surface area (Å²) in [5, 5.41) is 25.4. The Morgan fingerprint density at radius 3 is 2.46 bits per heavy atom. The topological polar surface area (TPSA) is 144 Å². The highest BCUT2D eigenvalue weighted by molar-refractivity contribution is 5.84. The van der Waals surface area contributed by atoms with E-state index in [9.17, 15) is 9.90 Å². The first-order valence-electron chi connectivity index (χ1n) is 11.0. The lowest BCUT2D eigenvalue weighted by molar-refractivity contribution is -0.127. The number of carbonyl (C=O) groups excluding carboxylic acids is 1. The number of aromatic amines is 1. The Balaban J connectivity index is 1.28. The fraction of sp³-hybridized carbons (Fsp3) is 0.200. The van der Waals surface area contributed by atoms with E-state index < -0.39 is 6.10 Å². The molecule has 2 N–H and O–H groups in total. The van der Waals surface area contributed by atoms with Crippen molar-refractivity contribution in [2.24, 2.45) is 0 Å². The molecule has 0 fully saturated rings. The van der Waals surface area contributed by atoms with Gasteiger partial charge in [-0.05, 0) is 19.4 Å². The van der Waals surface area contributed by atoms with Crippen LogP contribution < -0.4 is 0 Å². The summed E-state index contributed by atoms with van der Waals surface area (Å²) in [5.41, 5.74) is 3.58. The summed E-state index contributed by atoms with van der Waals surface area (Å²) in [4.78, 5) is 21.0. The molecule has 1 unspecified atom stereocenters. The largest absolute Gasteiger partial charge is 0.381 e. The van der Waals surface area contributed by atoms with Gasteiger partial charge in [0.25, 0.3) is 5.89 Å². The minimum Gasteiger partial charge on any atom is -0.381 e. The number of aliphatic hydroxyl groups excluding tert-OH is 1. The third-order valence-electron chi connectivity index (χ3n) is 5.62. The van der Waals surface area contributed by atoms with E-state index in [-0.39, 0.29) is 18.1 Å². The van der Waals surface area contributed by atoms with Gasteiger partial charge in [-0.3, -0.25) is 9.89 Å². The highest BCUT2D eigenvalue weighted by Gasteiger charge is 2.22. The summed E-state index contributed by atoms with van der Waals surface area (Å²) in [6, 6.07) is 16.5. The first-order chi connectivity index (χ1) is 17.0. The number of hydrogen-bond donors (Lipinski definition) is 2. The van der Waals surface area contributed by atoms with Gasteiger partial charge in [0.1, 0.15) is 17.6 Å². The van der Waals surface area contributed by atoms with E-state index >= 15 is 0 Å². The fourth-order valence-electron chi connectivity index (χ4n) is 3.71. The standard InChI is InChI=1S/C25H22N6O4/c1-14-21(16-6-4-3-5-7-16)30-34-23(14)25-27-24(31-35-25)18-10-8-17(9-11-18)22(33)19(32)12-13-20-26-15(2)28-29-20/h3-11,22,33H,12-13H2,1-2H3,(H,26,28,29). The molecule has 1 atom stereocenters. The number of aliphatic hydroxyl groups is 1. The van der Waals surface area contributed by atoms with Crippen molar-refractivity contribution in [1.29, 1.82) is 0 Å². The van der Waals surface area contributed by atoms with Crippen molar-refractivity contribution < 1.29 is 18.9 Å². The molecule has 0 bridgehead atoms. The smallest absolute Gasteiger partial charge is 0.297 e. The van der Waals surface area contributed by atoms with E-state index in [1.54, 1.807) is 31.2 Å². The van der Waals surface area contributed by atoms with E-state index in [0.717, 1.165) is 11.1 Å².